The highest BCUT2D eigenvalue weighted by molar-refractivity contribution is 7.83. The normalized spacial score (nSPS) is 21.6. The van der Waals surface area contributed by atoms with Gasteiger partial charge in [0, 0.05) is 0 Å². The lowest BCUT2D eigenvalue weighted by Crippen LogP contribution is -2.38. The van der Waals surface area contributed by atoms with Crippen LogP contribution in [0.2, 0.25) is 0 Å². The van der Waals surface area contributed by atoms with E-state index < -0.39 is 16.3 Å². The fourth-order valence-corrected chi connectivity index (χ4v) is 2.08. The smallest absolute Gasteiger partial charge is 0.297 e. The second-order valence-corrected chi connectivity index (χ2v) is 4.31. The summed E-state index contributed by atoms with van der Waals surface area (Å²) in [6.07, 6.45) is 4.11. The van der Waals surface area contributed by atoms with Crippen LogP contribution < -0.4 is 0 Å². The maximum Gasteiger partial charge on any atom is 0.358 e. The van der Waals surface area contributed by atoms with Crippen molar-refractivity contribution in [3.05, 3.63) is 0 Å². The maximum absolute atomic E-state index is 10.5. The number of hydrogen-bond acceptors (Lipinski definition) is 3. The molecule has 5 nitrogen and oxygen atoms in total. The highest BCUT2D eigenvalue weighted by atomic mass is 32.2. The Morgan fingerprint density at radius 1 is 1.17 bits per heavy atom. The minimum absolute atomic E-state index is 0.0756. The van der Waals surface area contributed by atoms with Gasteiger partial charge in [0.05, 0.1) is 6.04 Å². The summed E-state index contributed by atoms with van der Waals surface area (Å²) < 4.78 is 29.5. The second-order valence-electron chi connectivity index (χ2n) is 3.04. The summed E-state index contributed by atoms with van der Waals surface area (Å²) in [5.74, 6) is 0. The van der Waals surface area contributed by atoms with Gasteiger partial charge < -0.3 is 0 Å². The first kappa shape index (κ1) is 9.91. The lowest BCUT2D eigenvalue weighted by molar-refractivity contribution is -0.0548. The molecule has 0 aromatic rings. The van der Waals surface area contributed by atoms with Crippen LogP contribution in [0.5, 0.6) is 0 Å². The van der Waals surface area contributed by atoms with E-state index in [0.29, 0.717) is 12.8 Å². The van der Waals surface area contributed by atoms with E-state index in [-0.39, 0.29) is 4.47 Å². The maximum atomic E-state index is 10.5. The fraction of sp³-hybridized carbons (Fsp3) is 1.00. The summed E-state index contributed by atoms with van der Waals surface area (Å²) in [5.41, 5.74) is 0. The van der Waals surface area contributed by atoms with Crippen molar-refractivity contribution in [3.8, 4) is 0 Å². The molecule has 0 radical (unpaired) electrons. The van der Waals surface area contributed by atoms with Gasteiger partial charge in [-0.2, -0.15) is 8.42 Å². The van der Waals surface area contributed by atoms with Crippen molar-refractivity contribution < 1.29 is 18.2 Å². The number of nitrogens with zero attached hydrogens (tertiary/aromatic N) is 1. The van der Waals surface area contributed by atoms with E-state index in [4.69, 9.17) is 9.76 Å². The molecule has 0 heterocycles. The van der Waals surface area contributed by atoms with Gasteiger partial charge in [-0.1, -0.05) is 23.7 Å². The number of hydrogen-bond donors (Lipinski definition) is 2. The van der Waals surface area contributed by atoms with Crippen LogP contribution in [0.15, 0.2) is 0 Å². The zero-order chi connectivity index (χ0) is 9.19. The molecule has 1 fully saturated rings. The first-order chi connectivity index (χ1) is 5.52. The van der Waals surface area contributed by atoms with Crippen molar-refractivity contribution in [2.45, 2.75) is 38.1 Å². The van der Waals surface area contributed by atoms with Gasteiger partial charge in [-0.25, -0.2) is 0 Å². The van der Waals surface area contributed by atoms with Gasteiger partial charge in [-0.15, -0.1) is 0 Å². The second kappa shape index (κ2) is 3.69. The molecule has 0 aliphatic heterocycles. The van der Waals surface area contributed by atoms with E-state index in [2.05, 4.69) is 0 Å². The lowest BCUT2D eigenvalue weighted by Gasteiger charge is -2.25. The van der Waals surface area contributed by atoms with Gasteiger partial charge in [0.25, 0.3) is 0 Å². The third-order valence-electron chi connectivity index (χ3n) is 2.12. The molecule has 1 aliphatic carbocycles. The van der Waals surface area contributed by atoms with Crippen LogP contribution in [0.3, 0.4) is 0 Å². The molecular weight excluding hydrogens is 182 g/mol. The predicted molar refractivity (Wildman–Crippen MR) is 42.0 cm³/mol. The Bertz CT molecular complexity index is 232. The SMILES string of the molecule is O=S(=O)(O)N(O)C1CCCCC1. The number of rotatable bonds is 2. The Morgan fingerprint density at radius 3 is 2.08 bits per heavy atom. The standard InChI is InChI=1S/C6H13NO4S/c8-7(12(9,10)11)6-4-2-1-3-5-6/h6,8H,1-5H2,(H,9,10,11). The minimum atomic E-state index is -4.41. The molecular formula is C6H13NO4S. The van der Waals surface area contributed by atoms with E-state index in [0.717, 1.165) is 19.3 Å². The molecule has 1 aliphatic rings. The topological polar surface area (TPSA) is 77.8 Å². The molecule has 0 unspecified atom stereocenters. The highest BCUT2D eigenvalue weighted by Gasteiger charge is 2.27. The van der Waals surface area contributed by atoms with E-state index in [1.165, 1.54) is 0 Å². The van der Waals surface area contributed by atoms with Crippen LogP contribution in [0, 0.1) is 0 Å². The molecule has 72 valence electrons. The first-order valence-corrected chi connectivity index (χ1v) is 5.37. The van der Waals surface area contributed by atoms with Gasteiger partial charge in [0.1, 0.15) is 0 Å². The van der Waals surface area contributed by atoms with Crippen molar-refractivity contribution >= 4 is 10.3 Å². The van der Waals surface area contributed by atoms with E-state index in [1.807, 2.05) is 0 Å². The molecule has 0 spiro atoms. The predicted octanol–water partition coefficient (Wildman–Crippen LogP) is 0.813. The quantitative estimate of drug-likeness (QED) is 0.505. The van der Waals surface area contributed by atoms with E-state index in [1.54, 1.807) is 0 Å². The minimum Gasteiger partial charge on any atom is -0.297 e. The largest absolute Gasteiger partial charge is 0.358 e. The van der Waals surface area contributed by atoms with Crippen LogP contribution in [0.4, 0.5) is 0 Å². The Labute approximate surface area is 71.8 Å². The Kier molecular flexibility index (Phi) is 3.05. The molecule has 0 atom stereocenters. The number of hydroxylamine groups is 1. The molecule has 0 amide bonds. The average molecular weight is 195 g/mol. The van der Waals surface area contributed by atoms with Gasteiger partial charge in [0.15, 0.2) is 0 Å². The van der Waals surface area contributed by atoms with E-state index in [9.17, 15) is 8.42 Å². The summed E-state index contributed by atoms with van der Waals surface area (Å²) in [5, 5.41) is 9.01. The third-order valence-corrected chi connectivity index (χ3v) is 2.89. The summed E-state index contributed by atoms with van der Waals surface area (Å²) >= 11 is 0. The molecule has 2 N–H and O–H groups in total. The fourth-order valence-electron chi connectivity index (χ4n) is 1.49. The molecule has 6 heteroatoms. The van der Waals surface area contributed by atoms with Crippen LogP contribution in [-0.2, 0) is 10.3 Å². The van der Waals surface area contributed by atoms with Crippen LogP contribution in [0.1, 0.15) is 32.1 Å². The first-order valence-electron chi connectivity index (χ1n) is 3.97. The van der Waals surface area contributed by atoms with Gasteiger partial charge >= 0.3 is 10.3 Å². The molecule has 1 saturated carbocycles. The van der Waals surface area contributed by atoms with Gasteiger partial charge in [-0.3, -0.25) is 9.76 Å². The Morgan fingerprint density at radius 2 is 1.67 bits per heavy atom. The average Bonchev–Trinajstić information content (AvgIpc) is 2.03. The Balaban J connectivity index is 2.57. The Hall–Kier alpha value is -0.170. The van der Waals surface area contributed by atoms with Gasteiger partial charge in [-0.05, 0) is 12.8 Å². The zero-order valence-corrected chi connectivity index (χ0v) is 7.50. The van der Waals surface area contributed by atoms with Crippen LogP contribution in [0.25, 0.3) is 0 Å². The summed E-state index contributed by atoms with van der Waals surface area (Å²) in [4.78, 5) is 0. The van der Waals surface area contributed by atoms with Crippen LogP contribution >= 0.6 is 0 Å². The molecule has 0 aromatic heterocycles. The van der Waals surface area contributed by atoms with Crippen molar-refractivity contribution in [3.63, 3.8) is 0 Å². The molecule has 12 heavy (non-hydrogen) atoms. The highest BCUT2D eigenvalue weighted by Crippen LogP contribution is 2.22. The van der Waals surface area contributed by atoms with Crippen molar-refractivity contribution in [1.82, 2.24) is 4.47 Å². The van der Waals surface area contributed by atoms with Crippen molar-refractivity contribution in [2.75, 3.05) is 0 Å². The van der Waals surface area contributed by atoms with Gasteiger partial charge in [0.2, 0.25) is 0 Å². The molecule has 0 saturated heterocycles. The molecule has 0 aromatic carbocycles. The third kappa shape index (κ3) is 2.41. The monoisotopic (exact) mass is 195 g/mol. The summed E-state index contributed by atoms with van der Waals surface area (Å²) in [6, 6.07) is -0.436. The molecule has 0 bridgehead atoms. The summed E-state index contributed by atoms with van der Waals surface area (Å²) in [7, 11) is -4.41. The van der Waals surface area contributed by atoms with Crippen molar-refractivity contribution in [2.24, 2.45) is 0 Å². The van der Waals surface area contributed by atoms with E-state index >= 15 is 0 Å². The zero-order valence-electron chi connectivity index (χ0n) is 6.68. The van der Waals surface area contributed by atoms with Crippen molar-refractivity contribution in [1.29, 1.82) is 0 Å². The lowest BCUT2D eigenvalue weighted by atomic mass is 9.96. The summed E-state index contributed by atoms with van der Waals surface area (Å²) in [6.45, 7) is 0. The van der Waals surface area contributed by atoms with Crippen LogP contribution in [-0.4, -0.2) is 28.7 Å². The molecule has 1 rings (SSSR count).